The monoisotopic (exact) mass is 213 g/mol. The van der Waals surface area contributed by atoms with Gasteiger partial charge in [-0.05, 0) is 19.1 Å². The second-order valence-corrected chi connectivity index (χ2v) is 4.67. The first kappa shape index (κ1) is 9.80. The van der Waals surface area contributed by atoms with Gasteiger partial charge in [0, 0.05) is 10.9 Å². The van der Waals surface area contributed by atoms with Crippen molar-refractivity contribution in [1.82, 2.24) is 0 Å². The third-order valence-electron chi connectivity index (χ3n) is 2.36. The molecule has 1 aliphatic heterocycles. The maximum atomic E-state index is 13.3. The van der Waals surface area contributed by atoms with E-state index in [2.05, 4.69) is 5.32 Å². The van der Waals surface area contributed by atoms with Crippen LogP contribution in [0.2, 0.25) is 0 Å². The highest BCUT2D eigenvalue weighted by atomic mass is 32.2. The van der Waals surface area contributed by atoms with Crippen LogP contribution in [0.1, 0.15) is 6.92 Å². The lowest BCUT2D eigenvalue weighted by Gasteiger charge is -2.30. The predicted molar refractivity (Wildman–Crippen MR) is 56.2 cm³/mol. The Bertz CT molecular complexity index is 345. The molecular weight excluding hydrogens is 201 g/mol. The summed E-state index contributed by atoms with van der Waals surface area (Å²) in [5.74, 6) is -0.224. The van der Waals surface area contributed by atoms with Gasteiger partial charge in [-0.1, -0.05) is 6.07 Å². The van der Waals surface area contributed by atoms with Crippen LogP contribution in [0.5, 0.6) is 0 Å². The Morgan fingerprint density at radius 2 is 2.36 bits per heavy atom. The van der Waals surface area contributed by atoms with E-state index in [0.717, 1.165) is 4.90 Å². The number of hydrogen-bond acceptors (Lipinski definition) is 3. The van der Waals surface area contributed by atoms with E-state index >= 15 is 0 Å². The van der Waals surface area contributed by atoms with Crippen molar-refractivity contribution in [1.29, 1.82) is 0 Å². The maximum Gasteiger partial charge on any atom is 0.147 e. The number of rotatable bonds is 1. The predicted octanol–water partition coefficient (Wildman–Crippen LogP) is 2.09. The summed E-state index contributed by atoms with van der Waals surface area (Å²) >= 11 is 1.53. The maximum absolute atomic E-state index is 13.3. The molecule has 1 aromatic carbocycles. The molecule has 0 spiro atoms. The van der Waals surface area contributed by atoms with Gasteiger partial charge < -0.3 is 10.4 Å². The van der Waals surface area contributed by atoms with Crippen LogP contribution in [0.15, 0.2) is 23.1 Å². The van der Waals surface area contributed by atoms with Gasteiger partial charge in [0.15, 0.2) is 0 Å². The Labute approximate surface area is 86.5 Å². The number of aliphatic hydroxyl groups excluding tert-OH is 1. The number of aliphatic hydroxyl groups is 1. The van der Waals surface area contributed by atoms with Crippen molar-refractivity contribution < 1.29 is 9.50 Å². The van der Waals surface area contributed by atoms with E-state index in [-0.39, 0.29) is 23.7 Å². The quantitative estimate of drug-likeness (QED) is 0.749. The first-order valence-electron chi connectivity index (χ1n) is 4.55. The third kappa shape index (κ3) is 1.60. The highest BCUT2D eigenvalue weighted by molar-refractivity contribution is 8.00. The molecule has 1 aliphatic rings. The molecule has 0 amide bonds. The highest BCUT2D eigenvalue weighted by Gasteiger charge is 2.26. The normalized spacial score (nSPS) is 25.4. The van der Waals surface area contributed by atoms with E-state index in [1.165, 1.54) is 17.8 Å². The number of thioether (sulfide) groups is 1. The minimum absolute atomic E-state index is 0.0920. The number of halogens is 1. The van der Waals surface area contributed by atoms with Crippen molar-refractivity contribution >= 4 is 17.4 Å². The number of fused-ring (bicyclic) bond motifs is 1. The van der Waals surface area contributed by atoms with Crippen LogP contribution in [0.25, 0.3) is 0 Å². The molecule has 2 atom stereocenters. The van der Waals surface area contributed by atoms with Crippen LogP contribution < -0.4 is 5.32 Å². The van der Waals surface area contributed by atoms with Crippen LogP contribution in [-0.4, -0.2) is 23.0 Å². The minimum atomic E-state index is -0.224. The van der Waals surface area contributed by atoms with Gasteiger partial charge in [0.05, 0.1) is 17.5 Å². The molecule has 2 rings (SSSR count). The molecule has 14 heavy (non-hydrogen) atoms. The summed E-state index contributed by atoms with van der Waals surface area (Å²) in [5, 5.41) is 12.3. The lowest BCUT2D eigenvalue weighted by atomic mass is 10.2. The first-order chi connectivity index (χ1) is 6.72. The lowest BCUT2D eigenvalue weighted by molar-refractivity contribution is 0.287. The first-order valence-corrected chi connectivity index (χ1v) is 5.43. The van der Waals surface area contributed by atoms with E-state index < -0.39 is 0 Å². The largest absolute Gasteiger partial charge is 0.395 e. The van der Waals surface area contributed by atoms with E-state index in [9.17, 15) is 4.39 Å². The van der Waals surface area contributed by atoms with Gasteiger partial charge in [-0.25, -0.2) is 4.39 Å². The summed E-state index contributed by atoms with van der Waals surface area (Å²) in [5.41, 5.74) is 0.565. The lowest BCUT2D eigenvalue weighted by Crippen LogP contribution is -2.34. The van der Waals surface area contributed by atoms with Gasteiger partial charge in [0.1, 0.15) is 5.82 Å². The molecule has 0 radical (unpaired) electrons. The van der Waals surface area contributed by atoms with Gasteiger partial charge in [0.25, 0.3) is 0 Å². The van der Waals surface area contributed by atoms with E-state index in [0.29, 0.717) is 5.69 Å². The Morgan fingerprint density at radius 1 is 1.57 bits per heavy atom. The summed E-state index contributed by atoms with van der Waals surface area (Å²) in [7, 11) is 0. The Kier molecular flexibility index (Phi) is 2.65. The van der Waals surface area contributed by atoms with Crippen LogP contribution >= 0.6 is 11.8 Å². The van der Waals surface area contributed by atoms with Crippen molar-refractivity contribution in [2.45, 2.75) is 23.1 Å². The number of nitrogens with one attached hydrogen (secondary N) is 1. The van der Waals surface area contributed by atoms with Gasteiger partial charge in [0.2, 0.25) is 0 Å². The molecule has 0 bridgehead atoms. The van der Waals surface area contributed by atoms with Crippen molar-refractivity contribution in [3.8, 4) is 0 Å². The molecule has 76 valence electrons. The van der Waals surface area contributed by atoms with Crippen LogP contribution in [0, 0.1) is 5.82 Å². The molecule has 0 saturated heterocycles. The zero-order valence-electron chi connectivity index (χ0n) is 7.83. The molecule has 0 aromatic heterocycles. The van der Waals surface area contributed by atoms with Crippen molar-refractivity contribution in [2.24, 2.45) is 0 Å². The van der Waals surface area contributed by atoms with Gasteiger partial charge >= 0.3 is 0 Å². The molecule has 1 heterocycles. The summed E-state index contributed by atoms with van der Waals surface area (Å²) < 4.78 is 13.3. The summed E-state index contributed by atoms with van der Waals surface area (Å²) in [6.07, 6.45) is 0. The smallest absolute Gasteiger partial charge is 0.147 e. The molecule has 0 saturated carbocycles. The number of anilines is 1. The van der Waals surface area contributed by atoms with Gasteiger partial charge in [-0.15, -0.1) is 11.8 Å². The Morgan fingerprint density at radius 3 is 3.07 bits per heavy atom. The zero-order chi connectivity index (χ0) is 10.1. The molecule has 2 nitrogen and oxygen atoms in total. The van der Waals surface area contributed by atoms with Gasteiger partial charge in [-0.2, -0.15) is 0 Å². The minimum Gasteiger partial charge on any atom is -0.395 e. The Hall–Kier alpha value is -0.740. The molecule has 2 unspecified atom stereocenters. The number of para-hydroxylation sites is 1. The topological polar surface area (TPSA) is 32.3 Å². The SMILES string of the molecule is CC1Nc2c(F)cccc2SC1CO. The molecular formula is C10H12FNOS. The standard InChI is InChI=1S/C10H12FNOS/c1-6-9(5-13)14-8-4-2-3-7(11)10(8)12-6/h2-4,6,9,12-13H,5H2,1H3. The van der Waals surface area contributed by atoms with E-state index in [1.807, 2.05) is 13.0 Å². The molecule has 0 aliphatic carbocycles. The van der Waals surface area contributed by atoms with E-state index in [4.69, 9.17) is 5.11 Å². The fourth-order valence-electron chi connectivity index (χ4n) is 1.52. The van der Waals surface area contributed by atoms with Gasteiger partial charge in [-0.3, -0.25) is 0 Å². The highest BCUT2D eigenvalue weighted by Crippen LogP contribution is 2.38. The van der Waals surface area contributed by atoms with E-state index in [1.54, 1.807) is 6.07 Å². The van der Waals surface area contributed by atoms with Crippen molar-refractivity contribution in [3.05, 3.63) is 24.0 Å². The average Bonchev–Trinajstić information content (AvgIpc) is 2.19. The second-order valence-electron chi connectivity index (χ2n) is 3.38. The van der Waals surface area contributed by atoms with Crippen LogP contribution in [-0.2, 0) is 0 Å². The fraction of sp³-hybridized carbons (Fsp3) is 0.400. The summed E-state index contributed by atoms with van der Waals surface area (Å²) in [6, 6.07) is 5.09. The number of benzene rings is 1. The van der Waals surface area contributed by atoms with Crippen molar-refractivity contribution in [3.63, 3.8) is 0 Å². The zero-order valence-corrected chi connectivity index (χ0v) is 8.64. The second kappa shape index (κ2) is 3.79. The van der Waals surface area contributed by atoms with Crippen LogP contribution in [0.4, 0.5) is 10.1 Å². The van der Waals surface area contributed by atoms with Crippen LogP contribution in [0.3, 0.4) is 0 Å². The molecule has 0 fully saturated rings. The Balaban J connectivity index is 2.35. The van der Waals surface area contributed by atoms with Crippen molar-refractivity contribution in [2.75, 3.05) is 11.9 Å². The summed E-state index contributed by atoms with van der Waals surface area (Å²) in [6.45, 7) is 2.05. The average molecular weight is 213 g/mol. The molecule has 2 N–H and O–H groups in total. The molecule has 1 aromatic rings. The fourth-order valence-corrected chi connectivity index (χ4v) is 2.63. The number of hydrogen-bond donors (Lipinski definition) is 2. The third-order valence-corrected chi connectivity index (χ3v) is 3.82. The summed E-state index contributed by atoms with van der Waals surface area (Å²) in [4.78, 5) is 0.877. The molecule has 4 heteroatoms.